The molecule has 130 valence electrons. The minimum Gasteiger partial charge on any atom is -0.469 e. The van der Waals surface area contributed by atoms with Gasteiger partial charge in [-0.05, 0) is 24.3 Å². The molecule has 0 aliphatic carbocycles. The predicted molar refractivity (Wildman–Crippen MR) is 106 cm³/mol. The number of hydrogen-bond donors (Lipinski definition) is 2. The molecule has 1 aromatic carbocycles. The summed E-state index contributed by atoms with van der Waals surface area (Å²) in [5, 5.41) is 6.58. The molecule has 5 nitrogen and oxygen atoms in total. The lowest BCUT2D eigenvalue weighted by Crippen LogP contribution is -2.39. The van der Waals surface area contributed by atoms with E-state index in [1.165, 1.54) is 12.7 Å². The third-order valence-electron chi connectivity index (χ3n) is 3.50. The molecular weight excluding hydrogens is 405 g/mol. The molecule has 0 amide bonds. The van der Waals surface area contributed by atoms with Gasteiger partial charge in [-0.1, -0.05) is 37.3 Å². The summed E-state index contributed by atoms with van der Waals surface area (Å²) >= 11 is 0. The van der Waals surface area contributed by atoms with Crippen LogP contribution in [0.15, 0.2) is 35.3 Å². The second kappa shape index (κ2) is 13.2. The van der Waals surface area contributed by atoms with E-state index < -0.39 is 0 Å². The van der Waals surface area contributed by atoms with Crippen molar-refractivity contribution in [1.82, 2.24) is 10.6 Å². The van der Waals surface area contributed by atoms with Gasteiger partial charge in [0.15, 0.2) is 5.96 Å². The summed E-state index contributed by atoms with van der Waals surface area (Å²) in [6, 6.07) is 10.4. The average Bonchev–Trinajstić information content (AvgIpc) is 2.57. The monoisotopic (exact) mass is 433 g/mol. The summed E-state index contributed by atoms with van der Waals surface area (Å²) in [7, 11) is 3.18. The van der Waals surface area contributed by atoms with E-state index in [0.717, 1.165) is 31.9 Å². The van der Waals surface area contributed by atoms with Crippen LogP contribution in [0.3, 0.4) is 0 Å². The standard InChI is InChI=1S/C17H27N3O2.HI/c1-14(15-9-5-4-6-10-15)13-20-17(18-2)19-12-8-7-11-16(21)22-3;/h4-6,9-10,14H,7-8,11-13H2,1-3H3,(H2,18,19,20);1H. The van der Waals surface area contributed by atoms with E-state index in [4.69, 9.17) is 0 Å². The highest BCUT2D eigenvalue weighted by Gasteiger charge is 2.06. The molecule has 0 aromatic heterocycles. The van der Waals surface area contributed by atoms with E-state index in [-0.39, 0.29) is 29.9 Å². The zero-order chi connectivity index (χ0) is 16.2. The summed E-state index contributed by atoms with van der Waals surface area (Å²) in [6.45, 7) is 3.80. The molecule has 0 saturated carbocycles. The predicted octanol–water partition coefficient (Wildman–Crippen LogP) is 2.92. The van der Waals surface area contributed by atoms with Gasteiger partial charge in [0, 0.05) is 26.6 Å². The third kappa shape index (κ3) is 9.43. The minimum atomic E-state index is -0.154. The van der Waals surface area contributed by atoms with Crippen LogP contribution in [0.4, 0.5) is 0 Å². The van der Waals surface area contributed by atoms with Crippen molar-refractivity contribution in [3.63, 3.8) is 0 Å². The number of guanidine groups is 1. The fourth-order valence-electron chi connectivity index (χ4n) is 2.07. The van der Waals surface area contributed by atoms with Crippen molar-refractivity contribution in [2.75, 3.05) is 27.2 Å². The lowest BCUT2D eigenvalue weighted by atomic mass is 10.0. The Morgan fingerprint density at radius 3 is 2.52 bits per heavy atom. The molecule has 2 N–H and O–H groups in total. The number of nitrogens with zero attached hydrogens (tertiary/aromatic N) is 1. The van der Waals surface area contributed by atoms with Gasteiger partial charge in [0.1, 0.15) is 0 Å². The van der Waals surface area contributed by atoms with Crippen LogP contribution in [0.25, 0.3) is 0 Å². The van der Waals surface area contributed by atoms with Crippen molar-refractivity contribution < 1.29 is 9.53 Å². The number of rotatable bonds is 8. The number of halogens is 1. The lowest BCUT2D eigenvalue weighted by Gasteiger charge is -2.16. The molecule has 6 heteroatoms. The molecule has 0 spiro atoms. The van der Waals surface area contributed by atoms with Gasteiger partial charge in [0.05, 0.1) is 7.11 Å². The first-order chi connectivity index (χ1) is 10.7. The highest BCUT2D eigenvalue weighted by atomic mass is 127. The highest BCUT2D eigenvalue weighted by molar-refractivity contribution is 14.0. The Bertz CT molecular complexity index is 466. The van der Waals surface area contributed by atoms with Gasteiger partial charge in [-0.3, -0.25) is 9.79 Å². The summed E-state index contributed by atoms with van der Waals surface area (Å²) in [5.41, 5.74) is 1.31. The lowest BCUT2D eigenvalue weighted by molar-refractivity contribution is -0.140. The summed E-state index contributed by atoms with van der Waals surface area (Å²) in [5.74, 6) is 1.05. The van der Waals surface area contributed by atoms with E-state index >= 15 is 0 Å². The summed E-state index contributed by atoms with van der Waals surface area (Å²) < 4.78 is 4.61. The number of esters is 1. The Hall–Kier alpha value is -1.31. The molecule has 23 heavy (non-hydrogen) atoms. The quantitative estimate of drug-likeness (QED) is 0.218. The van der Waals surface area contributed by atoms with Gasteiger partial charge in [-0.15, -0.1) is 24.0 Å². The Labute approximate surface area is 156 Å². The van der Waals surface area contributed by atoms with Crippen molar-refractivity contribution in [3.05, 3.63) is 35.9 Å². The number of ether oxygens (including phenoxy) is 1. The van der Waals surface area contributed by atoms with Gasteiger partial charge in [-0.25, -0.2) is 0 Å². The molecule has 0 aliphatic rings. The zero-order valence-electron chi connectivity index (χ0n) is 14.2. The Kier molecular flexibility index (Phi) is 12.4. The SMILES string of the molecule is CN=C(NCCCCC(=O)OC)NCC(C)c1ccccc1.I. The molecule has 1 rings (SSSR count). The molecule has 0 bridgehead atoms. The fraction of sp³-hybridized carbons (Fsp3) is 0.529. The van der Waals surface area contributed by atoms with Crippen molar-refractivity contribution in [2.45, 2.75) is 32.1 Å². The molecule has 0 heterocycles. The van der Waals surface area contributed by atoms with E-state index in [2.05, 4.69) is 51.6 Å². The smallest absolute Gasteiger partial charge is 0.305 e. The Morgan fingerprint density at radius 2 is 1.91 bits per heavy atom. The second-order valence-corrected chi connectivity index (χ2v) is 5.22. The largest absolute Gasteiger partial charge is 0.469 e. The van der Waals surface area contributed by atoms with Crippen molar-refractivity contribution >= 4 is 35.9 Å². The van der Waals surface area contributed by atoms with Gasteiger partial charge < -0.3 is 15.4 Å². The van der Waals surface area contributed by atoms with Crippen LogP contribution in [-0.4, -0.2) is 39.2 Å². The van der Waals surface area contributed by atoms with Crippen LogP contribution in [0.5, 0.6) is 0 Å². The average molecular weight is 433 g/mol. The second-order valence-electron chi connectivity index (χ2n) is 5.22. The van der Waals surface area contributed by atoms with Crippen LogP contribution in [0, 0.1) is 0 Å². The first-order valence-electron chi connectivity index (χ1n) is 7.73. The summed E-state index contributed by atoms with van der Waals surface area (Å²) in [6.07, 6.45) is 2.19. The van der Waals surface area contributed by atoms with Crippen LogP contribution in [0.2, 0.25) is 0 Å². The normalized spacial score (nSPS) is 12.0. The van der Waals surface area contributed by atoms with E-state index in [1.807, 2.05) is 6.07 Å². The number of methoxy groups -OCH3 is 1. The molecule has 0 radical (unpaired) electrons. The number of hydrogen-bond acceptors (Lipinski definition) is 3. The van der Waals surface area contributed by atoms with Gasteiger partial charge >= 0.3 is 5.97 Å². The van der Waals surface area contributed by atoms with Crippen molar-refractivity contribution in [3.8, 4) is 0 Å². The van der Waals surface area contributed by atoms with Crippen LogP contribution in [-0.2, 0) is 9.53 Å². The first kappa shape index (κ1) is 21.7. The number of aliphatic imine (C=N–C) groups is 1. The van der Waals surface area contributed by atoms with E-state index in [9.17, 15) is 4.79 Å². The Morgan fingerprint density at radius 1 is 1.22 bits per heavy atom. The summed E-state index contributed by atoms with van der Waals surface area (Å²) in [4.78, 5) is 15.2. The van der Waals surface area contributed by atoms with Gasteiger partial charge in [0.25, 0.3) is 0 Å². The molecular formula is C17H28IN3O2. The van der Waals surface area contributed by atoms with Crippen LogP contribution in [0.1, 0.15) is 37.7 Å². The van der Waals surface area contributed by atoms with Crippen molar-refractivity contribution in [1.29, 1.82) is 0 Å². The minimum absolute atomic E-state index is 0. The molecule has 1 unspecified atom stereocenters. The maximum atomic E-state index is 11.0. The van der Waals surface area contributed by atoms with Crippen LogP contribution < -0.4 is 10.6 Å². The third-order valence-corrected chi connectivity index (χ3v) is 3.50. The topological polar surface area (TPSA) is 62.7 Å². The fourth-order valence-corrected chi connectivity index (χ4v) is 2.07. The number of carbonyl (C=O) groups is 1. The number of carbonyl (C=O) groups excluding carboxylic acids is 1. The van der Waals surface area contributed by atoms with E-state index in [1.54, 1.807) is 7.05 Å². The maximum absolute atomic E-state index is 11.0. The van der Waals surface area contributed by atoms with Crippen LogP contribution >= 0.6 is 24.0 Å². The first-order valence-corrected chi connectivity index (χ1v) is 7.73. The molecule has 1 aromatic rings. The molecule has 0 aliphatic heterocycles. The van der Waals surface area contributed by atoms with Gasteiger partial charge in [-0.2, -0.15) is 0 Å². The maximum Gasteiger partial charge on any atom is 0.305 e. The Balaban J connectivity index is 0.00000484. The van der Waals surface area contributed by atoms with E-state index in [0.29, 0.717) is 12.3 Å². The highest BCUT2D eigenvalue weighted by Crippen LogP contribution is 2.12. The molecule has 1 atom stereocenters. The zero-order valence-corrected chi connectivity index (χ0v) is 16.5. The number of benzene rings is 1. The number of unbranched alkanes of at least 4 members (excludes halogenated alkanes) is 1. The molecule has 0 saturated heterocycles. The van der Waals surface area contributed by atoms with Crippen molar-refractivity contribution in [2.24, 2.45) is 4.99 Å². The molecule has 0 fully saturated rings. The number of nitrogens with one attached hydrogen (secondary N) is 2. The van der Waals surface area contributed by atoms with Gasteiger partial charge in [0.2, 0.25) is 0 Å².